The monoisotopic (exact) mass is 147 g/mol. The van der Waals surface area contributed by atoms with Gasteiger partial charge in [-0.2, -0.15) is 0 Å². The largest absolute Gasteiger partial charge is 0.381 e. The van der Waals surface area contributed by atoms with Crippen molar-refractivity contribution in [2.75, 3.05) is 20.0 Å². The zero-order valence-corrected chi connectivity index (χ0v) is 6.58. The van der Waals surface area contributed by atoms with E-state index in [9.17, 15) is 0 Å². The Labute approximate surface area is 62.3 Å². The number of hydrogen-bond acceptors (Lipinski definition) is 3. The van der Waals surface area contributed by atoms with Gasteiger partial charge in [-0.15, -0.1) is 0 Å². The van der Waals surface area contributed by atoms with E-state index >= 15 is 0 Å². The summed E-state index contributed by atoms with van der Waals surface area (Å²) >= 11 is 0. The maximum atomic E-state index is 8.59. The fraction of sp³-hybridized carbons (Fsp3) is 1.00. The Morgan fingerprint density at radius 2 is 1.70 bits per heavy atom. The van der Waals surface area contributed by atoms with Gasteiger partial charge in [0.1, 0.15) is 0 Å². The van der Waals surface area contributed by atoms with Crippen LogP contribution in [0.2, 0.25) is 0 Å². The van der Waals surface area contributed by atoms with Crippen LogP contribution >= 0.6 is 0 Å². The molecule has 0 bridgehead atoms. The van der Waals surface area contributed by atoms with Gasteiger partial charge in [-0.1, -0.05) is 19.8 Å². The molecule has 0 saturated heterocycles. The Morgan fingerprint density at radius 1 is 1.10 bits per heavy atom. The molecule has 62 valence electrons. The molecular weight excluding hydrogens is 130 g/mol. The Bertz CT molecular complexity index is 64.6. The van der Waals surface area contributed by atoms with Crippen molar-refractivity contribution in [3.8, 4) is 0 Å². The third-order valence-corrected chi connectivity index (χ3v) is 1.48. The van der Waals surface area contributed by atoms with Crippen molar-refractivity contribution in [2.45, 2.75) is 26.2 Å². The first-order valence-corrected chi connectivity index (χ1v) is 3.79. The number of aliphatic hydroxyl groups excluding tert-OH is 2. The second-order valence-corrected chi connectivity index (χ2v) is 2.38. The van der Waals surface area contributed by atoms with Gasteiger partial charge < -0.3 is 10.2 Å². The van der Waals surface area contributed by atoms with Crippen LogP contribution in [0.1, 0.15) is 26.2 Å². The van der Waals surface area contributed by atoms with E-state index in [2.05, 4.69) is 6.92 Å². The van der Waals surface area contributed by atoms with Crippen LogP contribution in [0.3, 0.4) is 0 Å². The minimum absolute atomic E-state index is 0.0415. The number of rotatable bonds is 6. The third kappa shape index (κ3) is 4.73. The number of aliphatic hydroxyl groups is 2. The van der Waals surface area contributed by atoms with E-state index in [0.29, 0.717) is 0 Å². The van der Waals surface area contributed by atoms with E-state index in [-0.39, 0.29) is 13.5 Å². The fourth-order valence-corrected chi connectivity index (χ4v) is 0.772. The van der Waals surface area contributed by atoms with Gasteiger partial charge in [0, 0.05) is 6.54 Å². The van der Waals surface area contributed by atoms with Crippen LogP contribution in [0, 0.1) is 0 Å². The van der Waals surface area contributed by atoms with Crippen LogP contribution in [0.5, 0.6) is 0 Å². The lowest BCUT2D eigenvalue weighted by atomic mass is 10.2. The molecule has 0 rings (SSSR count). The van der Waals surface area contributed by atoms with E-state index in [1.54, 1.807) is 4.90 Å². The van der Waals surface area contributed by atoms with Gasteiger partial charge in [-0.05, 0) is 6.42 Å². The van der Waals surface area contributed by atoms with Gasteiger partial charge in [-0.25, -0.2) is 0 Å². The fourth-order valence-electron chi connectivity index (χ4n) is 0.772. The van der Waals surface area contributed by atoms with Crippen molar-refractivity contribution in [3.05, 3.63) is 0 Å². The Morgan fingerprint density at radius 3 is 2.10 bits per heavy atom. The number of nitrogens with zero attached hydrogens (tertiary/aromatic N) is 1. The molecule has 0 aromatic rings. The molecule has 0 saturated carbocycles. The van der Waals surface area contributed by atoms with Crippen LogP contribution < -0.4 is 0 Å². The second-order valence-electron chi connectivity index (χ2n) is 2.38. The van der Waals surface area contributed by atoms with E-state index in [0.717, 1.165) is 19.4 Å². The molecular formula is C7H17NO2. The smallest absolute Gasteiger partial charge is 0.0974 e. The summed E-state index contributed by atoms with van der Waals surface area (Å²) in [5, 5.41) is 17.2. The quantitative estimate of drug-likeness (QED) is 0.421. The molecule has 0 unspecified atom stereocenters. The molecule has 0 radical (unpaired) electrons. The molecule has 0 heterocycles. The number of hydrogen-bond donors (Lipinski definition) is 2. The first kappa shape index (κ1) is 9.88. The topological polar surface area (TPSA) is 43.7 Å². The normalized spacial score (nSPS) is 10.8. The standard InChI is InChI=1S/C7H17NO2/c1-2-3-4-5-8(6-9)7-10/h9-10H,2-7H2,1H3. The lowest BCUT2D eigenvalue weighted by Crippen LogP contribution is -2.26. The summed E-state index contributed by atoms with van der Waals surface area (Å²) in [6.45, 7) is 2.84. The highest BCUT2D eigenvalue weighted by atomic mass is 16.3. The highest BCUT2D eigenvalue weighted by Crippen LogP contribution is 1.95. The maximum Gasteiger partial charge on any atom is 0.0974 e. The summed E-state index contributed by atoms with van der Waals surface area (Å²) in [5.74, 6) is 0. The molecule has 10 heavy (non-hydrogen) atoms. The lowest BCUT2D eigenvalue weighted by Gasteiger charge is -2.14. The number of unbranched alkanes of at least 4 members (excludes halogenated alkanes) is 2. The van der Waals surface area contributed by atoms with Crippen molar-refractivity contribution < 1.29 is 10.2 Å². The van der Waals surface area contributed by atoms with E-state index in [1.807, 2.05) is 0 Å². The Hall–Kier alpha value is -0.120. The molecule has 0 aromatic heterocycles. The highest BCUT2D eigenvalue weighted by molar-refractivity contribution is 4.46. The predicted octanol–water partition coefficient (Wildman–Crippen LogP) is 0.378. The predicted molar refractivity (Wildman–Crippen MR) is 40.4 cm³/mol. The van der Waals surface area contributed by atoms with Gasteiger partial charge in [-0.3, -0.25) is 4.90 Å². The van der Waals surface area contributed by atoms with Gasteiger partial charge in [0.25, 0.3) is 0 Å². The van der Waals surface area contributed by atoms with E-state index in [1.165, 1.54) is 6.42 Å². The van der Waals surface area contributed by atoms with Gasteiger partial charge in [0.05, 0.1) is 13.5 Å². The average molecular weight is 147 g/mol. The lowest BCUT2D eigenvalue weighted by molar-refractivity contribution is 0.0285. The van der Waals surface area contributed by atoms with Crippen molar-refractivity contribution in [1.82, 2.24) is 4.90 Å². The first-order valence-electron chi connectivity index (χ1n) is 3.79. The van der Waals surface area contributed by atoms with E-state index < -0.39 is 0 Å². The van der Waals surface area contributed by atoms with Crippen LogP contribution in [-0.2, 0) is 0 Å². The van der Waals surface area contributed by atoms with Crippen LogP contribution in [-0.4, -0.2) is 35.1 Å². The second kappa shape index (κ2) is 6.99. The molecule has 3 nitrogen and oxygen atoms in total. The summed E-state index contributed by atoms with van der Waals surface area (Å²) in [6.07, 6.45) is 3.39. The molecule has 0 aliphatic heterocycles. The molecule has 0 aliphatic rings. The molecule has 0 fully saturated rings. The third-order valence-electron chi connectivity index (χ3n) is 1.48. The van der Waals surface area contributed by atoms with Crippen molar-refractivity contribution in [1.29, 1.82) is 0 Å². The van der Waals surface area contributed by atoms with Crippen LogP contribution in [0.4, 0.5) is 0 Å². The molecule has 2 N–H and O–H groups in total. The summed E-state index contributed by atoms with van der Waals surface area (Å²) in [7, 11) is 0. The van der Waals surface area contributed by atoms with Crippen LogP contribution in [0.15, 0.2) is 0 Å². The van der Waals surface area contributed by atoms with Crippen molar-refractivity contribution >= 4 is 0 Å². The van der Waals surface area contributed by atoms with Gasteiger partial charge in [0.15, 0.2) is 0 Å². The summed E-state index contributed by atoms with van der Waals surface area (Å²) < 4.78 is 0. The molecule has 0 aromatic carbocycles. The van der Waals surface area contributed by atoms with E-state index in [4.69, 9.17) is 10.2 Å². The summed E-state index contributed by atoms with van der Waals surface area (Å²) in [6, 6.07) is 0. The first-order chi connectivity index (χ1) is 4.85. The highest BCUT2D eigenvalue weighted by Gasteiger charge is 1.97. The minimum Gasteiger partial charge on any atom is -0.381 e. The molecule has 0 atom stereocenters. The zero-order chi connectivity index (χ0) is 7.82. The van der Waals surface area contributed by atoms with Crippen LogP contribution in [0.25, 0.3) is 0 Å². The molecule has 0 aliphatic carbocycles. The average Bonchev–Trinajstić information content (AvgIpc) is 1.99. The molecule has 0 amide bonds. The Balaban J connectivity index is 3.09. The minimum atomic E-state index is -0.0415. The molecule has 3 heteroatoms. The van der Waals surface area contributed by atoms with Crippen molar-refractivity contribution in [3.63, 3.8) is 0 Å². The Kier molecular flexibility index (Phi) is 6.91. The maximum absolute atomic E-state index is 8.59. The summed E-state index contributed by atoms with van der Waals surface area (Å²) in [4.78, 5) is 1.59. The summed E-state index contributed by atoms with van der Waals surface area (Å²) in [5.41, 5.74) is 0. The van der Waals surface area contributed by atoms with Gasteiger partial charge in [0.2, 0.25) is 0 Å². The molecule has 0 spiro atoms. The zero-order valence-electron chi connectivity index (χ0n) is 6.58. The van der Waals surface area contributed by atoms with Crippen molar-refractivity contribution in [2.24, 2.45) is 0 Å². The van der Waals surface area contributed by atoms with Gasteiger partial charge >= 0.3 is 0 Å². The SMILES string of the molecule is CCCCCN(CO)CO.